The highest BCUT2D eigenvalue weighted by atomic mass is 79.9. The number of para-hydroxylation sites is 1. The van der Waals surface area contributed by atoms with Gasteiger partial charge in [0.2, 0.25) is 5.78 Å². The van der Waals surface area contributed by atoms with E-state index < -0.39 is 0 Å². The molecule has 0 saturated heterocycles. The van der Waals surface area contributed by atoms with Crippen molar-refractivity contribution in [3.05, 3.63) is 72.7 Å². The van der Waals surface area contributed by atoms with Crippen LogP contribution in [0.1, 0.15) is 10.4 Å². The molecule has 0 amide bonds. The van der Waals surface area contributed by atoms with Gasteiger partial charge in [0.05, 0.1) is 26.0 Å². The molecule has 0 bridgehead atoms. The second kappa shape index (κ2) is 9.10. The highest BCUT2D eigenvalue weighted by molar-refractivity contribution is 5.95. The number of aromatic nitrogens is 2. The highest BCUT2D eigenvalue weighted by Crippen LogP contribution is 2.26. The second-order valence-corrected chi connectivity index (χ2v) is 5.47. The number of ether oxygens (including phenoxy) is 2. The smallest absolute Gasteiger partial charge is 0.287 e. The van der Waals surface area contributed by atoms with Gasteiger partial charge >= 0.3 is 0 Å². The summed E-state index contributed by atoms with van der Waals surface area (Å²) in [6.07, 6.45) is 3.50. The molecule has 0 N–H and O–H groups in total. The number of carbonyl (C=O) groups is 1. The van der Waals surface area contributed by atoms with Gasteiger partial charge in [0.1, 0.15) is 11.5 Å². The maximum absolute atomic E-state index is 12.4. The lowest BCUT2D eigenvalue weighted by molar-refractivity contribution is -0.686. The monoisotopic (exact) mass is 414 g/mol. The van der Waals surface area contributed by atoms with Crippen molar-refractivity contribution >= 4 is 5.78 Å². The molecule has 0 radical (unpaired) electrons. The number of Topliss-reactive ketones (excluding diaryl/α,β-unsaturated/α-hetero) is 1. The van der Waals surface area contributed by atoms with Crippen LogP contribution in [-0.4, -0.2) is 25.0 Å². The Morgan fingerprint density at radius 2 is 1.73 bits per heavy atom. The summed E-state index contributed by atoms with van der Waals surface area (Å²) in [7, 11) is 3.23. The van der Waals surface area contributed by atoms with Crippen molar-refractivity contribution in [2.24, 2.45) is 0 Å². The molecule has 0 unspecified atom stereocenters. The number of rotatable bonds is 6. The van der Waals surface area contributed by atoms with E-state index in [-0.39, 0.29) is 29.3 Å². The lowest BCUT2D eigenvalue weighted by Crippen LogP contribution is -3.00. The molecular weight excluding hydrogens is 396 g/mol. The molecule has 0 saturated carbocycles. The van der Waals surface area contributed by atoms with E-state index in [4.69, 9.17) is 9.47 Å². The molecule has 6 heteroatoms. The Balaban J connectivity index is 0.00000243. The summed E-state index contributed by atoms with van der Waals surface area (Å²) in [5.74, 6) is 1.51. The summed E-state index contributed by atoms with van der Waals surface area (Å²) in [4.78, 5) is 16.8. The average Bonchev–Trinajstić information content (AvgIpc) is 2.68. The molecule has 1 heterocycles. The van der Waals surface area contributed by atoms with Crippen LogP contribution < -0.4 is 31.0 Å². The predicted octanol–water partition coefficient (Wildman–Crippen LogP) is -0.0598. The number of methoxy groups -OCH3 is 2. The van der Waals surface area contributed by atoms with Gasteiger partial charge in [-0.2, -0.15) is 0 Å². The molecule has 3 aromatic rings. The fraction of sp³-hybridized carbons (Fsp3) is 0.150. The normalized spacial score (nSPS) is 9.92. The molecule has 0 spiro atoms. The van der Waals surface area contributed by atoms with E-state index in [1.54, 1.807) is 49.4 Å². The zero-order valence-corrected chi connectivity index (χ0v) is 16.1. The minimum absolute atomic E-state index is 0. The van der Waals surface area contributed by atoms with E-state index in [2.05, 4.69) is 4.98 Å². The van der Waals surface area contributed by atoms with E-state index in [9.17, 15) is 4.79 Å². The van der Waals surface area contributed by atoms with Crippen LogP contribution in [0.2, 0.25) is 0 Å². The molecule has 1 aromatic heterocycles. The van der Waals surface area contributed by atoms with Crippen molar-refractivity contribution in [2.45, 2.75) is 6.54 Å². The Bertz CT molecular complexity index is 865. The van der Waals surface area contributed by atoms with Crippen molar-refractivity contribution in [2.75, 3.05) is 14.2 Å². The first-order valence-corrected chi connectivity index (χ1v) is 7.87. The van der Waals surface area contributed by atoms with E-state index in [0.717, 1.165) is 22.8 Å². The van der Waals surface area contributed by atoms with Gasteiger partial charge < -0.3 is 26.5 Å². The van der Waals surface area contributed by atoms with Gasteiger partial charge in [-0.1, -0.05) is 12.1 Å². The third-order valence-electron chi connectivity index (χ3n) is 3.89. The standard InChI is InChI=1S/C20H19N2O3.BrH/c1-24-16-9-7-15(8-10-16)19(23)13-22-12-11-18(21-14-22)17-5-3-4-6-20(17)25-2;/h3-12,14H,13H2,1-2H3;1H/q+1;/p-1. The molecule has 134 valence electrons. The average molecular weight is 415 g/mol. The Hall–Kier alpha value is -2.73. The topological polar surface area (TPSA) is 52.3 Å². The van der Waals surface area contributed by atoms with Crippen LogP contribution in [0.15, 0.2) is 67.1 Å². The molecule has 2 aromatic carbocycles. The van der Waals surface area contributed by atoms with Crippen molar-refractivity contribution < 1.29 is 35.8 Å². The molecule has 0 aliphatic rings. The van der Waals surface area contributed by atoms with Crippen molar-refractivity contribution in [3.63, 3.8) is 0 Å². The van der Waals surface area contributed by atoms with Gasteiger partial charge in [0, 0.05) is 11.6 Å². The number of nitrogens with zero attached hydrogens (tertiary/aromatic N) is 2. The predicted molar refractivity (Wildman–Crippen MR) is 93.7 cm³/mol. The van der Waals surface area contributed by atoms with Crippen LogP contribution in [0, 0.1) is 0 Å². The Morgan fingerprint density at radius 1 is 1.00 bits per heavy atom. The molecule has 26 heavy (non-hydrogen) atoms. The van der Waals surface area contributed by atoms with Gasteiger partial charge in [-0.15, -0.1) is 0 Å². The van der Waals surface area contributed by atoms with E-state index >= 15 is 0 Å². The van der Waals surface area contributed by atoms with Crippen LogP contribution in [0.5, 0.6) is 11.5 Å². The van der Waals surface area contributed by atoms with Crippen molar-refractivity contribution in [3.8, 4) is 22.8 Å². The molecule has 0 fully saturated rings. The number of hydrogen-bond donors (Lipinski definition) is 0. The minimum Gasteiger partial charge on any atom is -1.00 e. The highest BCUT2D eigenvalue weighted by Gasteiger charge is 2.14. The Morgan fingerprint density at radius 3 is 2.35 bits per heavy atom. The number of halogens is 1. The van der Waals surface area contributed by atoms with Gasteiger partial charge in [-0.05, 0) is 41.4 Å². The molecule has 0 atom stereocenters. The fourth-order valence-electron chi connectivity index (χ4n) is 2.53. The zero-order chi connectivity index (χ0) is 17.6. The summed E-state index contributed by atoms with van der Waals surface area (Å²) in [6.45, 7) is 0.228. The first kappa shape index (κ1) is 19.6. The number of ketones is 1. The quantitative estimate of drug-likeness (QED) is 0.418. The SMILES string of the molecule is COc1ccc(C(=O)C[n+]2ccc(-c3ccccc3OC)nc2)cc1.[Br-]. The molecule has 0 aliphatic heterocycles. The number of hydrogen-bond acceptors (Lipinski definition) is 4. The third kappa shape index (κ3) is 4.46. The van der Waals surface area contributed by atoms with Gasteiger partial charge in [-0.25, -0.2) is 4.57 Å². The van der Waals surface area contributed by atoms with Crippen LogP contribution in [0.25, 0.3) is 11.3 Å². The zero-order valence-electron chi connectivity index (χ0n) is 14.6. The van der Waals surface area contributed by atoms with Gasteiger partial charge in [-0.3, -0.25) is 4.79 Å². The largest absolute Gasteiger partial charge is 1.00 e. The van der Waals surface area contributed by atoms with Crippen LogP contribution in [-0.2, 0) is 6.54 Å². The number of benzene rings is 2. The maximum Gasteiger partial charge on any atom is 0.287 e. The number of carbonyl (C=O) groups excluding carboxylic acids is 1. The first-order chi connectivity index (χ1) is 12.2. The summed E-state index contributed by atoms with van der Waals surface area (Å²) in [5, 5.41) is 0. The van der Waals surface area contributed by atoms with Crippen molar-refractivity contribution in [1.29, 1.82) is 0 Å². The summed E-state index contributed by atoms with van der Waals surface area (Å²) >= 11 is 0. The maximum atomic E-state index is 12.4. The Labute approximate surface area is 163 Å². The van der Waals surface area contributed by atoms with E-state index in [1.165, 1.54) is 0 Å². The van der Waals surface area contributed by atoms with E-state index in [0.29, 0.717) is 5.56 Å². The Kier molecular flexibility index (Phi) is 6.86. The minimum atomic E-state index is 0. The van der Waals surface area contributed by atoms with Crippen molar-refractivity contribution in [1.82, 2.24) is 4.98 Å². The van der Waals surface area contributed by atoms with Crippen LogP contribution in [0.3, 0.4) is 0 Å². The molecule has 3 rings (SSSR count). The third-order valence-corrected chi connectivity index (χ3v) is 3.89. The second-order valence-electron chi connectivity index (χ2n) is 5.47. The van der Waals surface area contributed by atoms with Crippen LogP contribution in [0.4, 0.5) is 0 Å². The van der Waals surface area contributed by atoms with E-state index in [1.807, 2.05) is 36.5 Å². The van der Waals surface area contributed by atoms with Gasteiger partial charge in [0.15, 0.2) is 12.2 Å². The molecule has 5 nitrogen and oxygen atoms in total. The van der Waals surface area contributed by atoms with Gasteiger partial charge in [0.25, 0.3) is 6.33 Å². The summed E-state index contributed by atoms with van der Waals surface area (Å²) < 4.78 is 12.2. The fourth-order valence-corrected chi connectivity index (χ4v) is 2.53. The summed E-state index contributed by atoms with van der Waals surface area (Å²) in [5.41, 5.74) is 2.35. The lowest BCUT2D eigenvalue weighted by Gasteiger charge is -2.05. The molecular formula is C20H19BrN2O3. The lowest BCUT2D eigenvalue weighted by atomic mass is 10.1. The van der Waals surface area contributed by atoms with Crippen LogP contribution >= 0.6 is 0 Å². The molecule has 0 aliphatic carbocycles. The summed E-state index contributed by atoms with van der Waals surface area (Å²) in [6, 6.07) is 16.7. The first-order valence-electron chi connectivity index (χ1n) is 7.87.